The van der Waals surface area contributed by atoms with Crippen LogP contribution >= 0.6 is 0 Å². The molecular formula is C22H29N3O. The third-order valence-corrected chi connectivity index (χ3v) is 6.19. The molecule has 0 radical (unpaired) electrons. The van der Waals surface area contributed by atoms with Crippen molar-refractivity contribution in [1.82, 2.24) is 9.88 Å². The first-order valence-corrected chi connectivity index (χ1v) is 9.61. The number of likely N-dealkylation sites (tertiary alicyclic amines) is 1. The molecular weight excluding hydrogens is 322 g/mol. The van der Waals surface area contributed by atoms with Gasteiger partial charge in [-0.05, 0) is 38.4 Å². The lowest BCUT2D eigenvalue weighted by Gasteiger charge is -2.56. The standard InChI is InChI=1S/C22H29N3O/c1-17-6-8-18(9-7-17)22(26,21(2)15-24(3)16-21)19-12-20(14-23-13-19)25-10-4-5-11-25/h6-9,12-14,26H,4-5,10-11,15-16H2,1-3H3. The van der Waals surface area contributed by atoms with E-state index < -0.39 is 5.60 Å². The van der Waals surface area contributed by atoms with Gasteiger partial charge in [-0.15, -0.1) is 0 Å². The molecule has 4 nitrogen and oxygen atoms in total. The fourth-order valence-electron chi connectivity index (χ4n) is 4.81. The maximum Gasteiger partial charge on any atom is 0.124 e. The lowest BCUT2D eigenvalue weighted by atomic mass is 9.62. The van der Waals surface area contributed by atoms with Crippen LogP contribution in [0.4, 0.5) is 5.69 Å². The van der Waals surface area contributed by atoms with Gasteiger partial charge in [-0.25, -0.2) is 0 Å². The van der Waals surface area contributed by atoms with Crippen LogP contribution in [0.25, 0.3) is 0 Å². The molecule has 1 atom stereocenters. The van der Waals surface area contributed by atoms with Gasteiger partial charge in [0, 0.05) is 43.4 Å². The minimum atomic E-state index is -1.05. The summed E-state index contributed by atoms with van der Waals surface area (Å²) in [5.74, 6) is 0. The van der Waals surface area contributed by atoms with Gasteiger partial charge in [-0.3, -0.25) is 4.98 Å². The normalized spacial score (nSPS) is 22.1. The Hall–Kier alpha value is -1.91. The molecule has 4 heteroatoms. The molecule has 0 bridgehead atoms. The highest BCUT2D eigenvalue weighted by Gasteiger charge is 2.55. The van der Waals surface area contributed by atoms with E-state index in [2.05, 4.69) is 66.0 Å². The minimum Gasteiger partial charge on any atom is -0.380 e. The summed E-state index contributed by atoms with van der Waals surface area (Å²) < 4.78 is 0. The number of anilines is 1. The molecule has 0 amide bonds. The highest BCUT2D eigenvalue weighted by Crippen LogP contribution is 2.50. The fourth-order valence-corrected chi connectivity index (χ4v) is 4.81. The van der Waals surface area contributed by atoms with E-state index in [1.807, 2.05) is 12.4 Å². The lowest BCUT2D eigenvalue weighted by Crippen LogP contribution is -2.63. The maximum atomic E-state index is 12.1. The molecule has 2 fully saturated rings. The second kappa shape index (κ2) is 6.36. The van der Waals surface area contributed by atoms with Crippen molar-refractivity contribution in [1.29, 1.82) is 0 Å². The van der Waals surface area contributed by atoms with Crippen LogP contribution in [-0.4, -0.2) is 48.2 Å². The van der Waals surface area contributed by atoms with Crippen molar-refractivity contribution in [2.24, 2.45) is 5.41 Å². The number of aliphatic hydroxyl groups is 1. The van der Waals surface area contributed by atoms with Crippen LogP contribution in [-0.2, 0) is 5.60 Å². The largest absolute Gasteiger partial charge is 0.380 e. The maximum absolute atomic E-state index is 12.1. The van der Waals surface area contributed by atoms with E-state index in [-0.39, 0.29) is 5.41 Å². The summed E-state index contributed by atoms with van der Waals surface area (Å²) in [5, 5.41) is 12.1. The minimum absolute atomic E-state index is 0.234. The summed E-state index contributed by atoms with van der Waals surface area (Å²) in [4.78, 5) is 9.15. The van der Waals surface area contributed by atoms with E-state index in [0.29, 0.717) is 0 Å². The van der Waals surface area contributed by atoms with Crippen molar-refractivity contribution < 1.29 is 5.11 Å². The van der Waals surface area contributed by atoms with E-state index >= 15 is 0 Å². The second-order valence-corrected chi connectivity index (χ2v) is 8.44. The van der Waals surface area contributed by atoms with Gasteiger partial charge in [0.15, 0.2) is 0 Å². The number of nitrogens with zero attached hydrogens (tertiary/aromatic N) is 3. The molecule has 2 aliphatic heterocycles. The van der Waals surface area contributed by atoms with Crippen LogP contribution in [0.5, 0.6) is 0 Å². The number of hydrogen-bond acceptors (Lipinski definition) is 4. The topological polar surface area (TPSA) is 39.6 Å². The van der Waals surface area contributed by atoms with Crippen LogP contribution < -0.4 is 4.90 Å². The van der Waals surface area contributed by atoms with Gasteiger partial charge in [0.25, 0.3) is 0 Å². The SMILES string of the molecule is Cc1ccc(C(O)(c2cncc(N3CCCC3)c2)C2(C)CN(C)C2)cc1. The summed E-state index contributed by atoms with van der Waals surface area (Å²) in [6.45, 7) is 8.16. The van der Waals surface area contributed by atoms with Crippen molar-refractivity contribution >= 4 is 5.69 Å². The van der Waals surface area contributed by atoms with E-state index in [0.717, 1.165) is 43.0 Å². The van der Waals surface area contributed by atoms with Gasteiger partial charge < -0.3 is 14.9 Å². The predicted octanol–water partition coefficient (Wildman–Crippen LogP) is 3.18. The molecule has 138 valence electrons. The average Bonchev–Trinajstić information content (AvgIpc) is 3.15. The van der Waals surface area contributed by atoms with Crippen molar-refractivity contribution in [2.45, 2.75) is 32.3 Å². The van der Waals surface area contributed by atoms with E-state index in [1.54, 1.807) is 0 Å². The summed E-state index contributed by atoms with van der Waals surface area (Å²) >= 11 is 0. The Morgan fingerprint density at radius 1 is 1.04 bits per heavy atom. The third kappa shape index (κ3) is 2.72. The number of aromatic nitrogens is 1. The van der Waals surface area contributed by atoms with Gasteiger partial charge in [0.05, 0.1) is 11.9 Å². The Bertz CT molecular complexity index is 776. The van der Waals surface area contributed by atoms with Crippen molar-refractivity contribution in [3.8, 4) is 0 Å². The Labute approximate surface area is 156 Å². The lowest BCUT2D eigenvalue weighted by molar-refractivity contribution is -0.127. The molecule has 1 aromatic heterocycles. The van der Waals surface area contributed by atoms with Crippen LogP contribution in [0, 0.1) is 12.3 Å². The van der Waals surface area contributed by atoms with Crippen LogP contribution in [0.2, 0.25) is 0 Å². The Morgan fingerprint density at radius 2 is 1.69 bits per heavy atom. The number of rotatable bonds is 4. The molecule has 26 heavy (non-hydrogen) atoms. The summed E-state index contributed by atoms with van der Waals surface area (Å²) in [7, 11) is 2.11. The highest BCUT2D eigenvalue weighted by molar-refractivity contribution is 5.51. The van der Waals surface area contributed by atoms with E-state index in [1.165, 1.54) is 18.4 Å². The van der Waals surface area contributed by atoms with Crippen LogP contribution in [0.1, 0.15) is 36.5 Å². The van der Waals surface area contributed by atoms with E-state index in [4.69, 9.17) is 0 Å². The molecule has 2 saturated heterocycles. The summed E-state index contributed by atoms with van der Waals surface area (Å²) in [6.07, 6.45) is 6.24. The first kappa shape index (κ1) is 17.5. The van der Waals surface area contributed by atoms with Gasteiger partial charge >= 0.3 is 0 Å². The molecule has 0 saturated carbocycles. The highest BCUT2D eigenvalue weighted by atomic mass is 16.3. The number of pyridine rings is 1. The van der Waals surface area contributed by atoms with Crippen molar-refractivity contribution in [3.05, 3.63) is 59.4 Å². The molecule has 1 aromatic carbocycles. The van der Waals surface area contributed by atoms with Gasteiger partial charge in [0.2, 0.25) is 0 Å². The molecule has 2 aromatic rings. The van der Waals surface area contributed by atoms with Crippen molar-refractivity contribution in [2.75, 3.05) is 38.1 Å². The van der Waals surface area contributed by atoms with E-state index in [9.17, 15) is 5.11 Å². The first-order valence-electron chi connectivity index (χ1n) is 9.61. The molecule has 0 spiro atoms. The zero-order valence-electron chi connectivity index (χ0n) is 16.1. The smallest absolute Gasteiger partial charge is 0.124 e. The molecule has 0 aliphatic carbocycles. The second-order valence-electron chi connectivity index (χ2n) is 8.44. The fraction of sp³-hybridized carbons (Fsp3) is 0.500. The molecule has 2 aliphatic rings. The molecule has 4 rings (SSSR count). The Morgan fingerprint density at radius 3 is 2.31 bits per heavy atom. The van der Waals surface area contributed by atoms with Crippen LogP contribution in [0.3, 0.4) is 0 Å². The molecule has 1 N–H and O–H groups in total. The molecule has 1 unspecified atom stereocenters. The first-order chi connectivity index (χ1) is 12.4. The quantitative estimate of drug-likeness (QED) is 0.918. The Kier molecular flexibility index (Phi) is 4.28. The van der Waals surface area contributed by atoms with Gasteiger partial charge in [-0.2, -0.15) is 0 Å². The average molecular weight is 351 g/mol. The van der Waals surface area contributed by atoms with Gasteiger partial charge in [0.1, 0.15) is 5.60 Å². The predicted molar refractivity (Wildman–Crippen MR) is 105 cm³/mol. The number of benzene rings is 1. The van der Waals surface area contributed by atoms with Crippen molar-refractivity contribution in [3.63, 3.8) is 0 Å². The molecule has 3 heterocycles. The number of hydrogen-bond donors (Lipinski definition) is 1. The zero-order chi connectivity index (χ0) is 18.4. The Balaban J connectivity index is 1.81. The van der Waals surface area contributed by atoms with Gasteiger partial charge in [-0.1, -0.05) is 36.8 Å². The zero-order valence-corrected chi connectivity index (χ0v) is 16.1. The summed E-state index contributed by atoms with van der Waals surface area (Å²) in [6, 6.07) is 10.5. The third-order valence-electron chi connectivity index (χ3n) is 6.19. The monoisotopic (exact) mass is 351 g/mol. The number of aryl methyl sites for hydroxylation is 1. The van der Waals surface area contributed by atoms with Crippen LogP contribution in [0.15, 0.2) is 42.7 Å². The summed E-state index contributed by atoms with van der Waals surface area (Å²) in [5.41, 5.74) is 2.91.